The molecule has 0 amide bonds. The van der Waals surface area contributed by atoms with Gasteiger partial charge in [0.2, 0.25) is 0 Å². The van der Waals surface area contributed by atoms with Crippen LogP contribution in [0.2, 0.25) is 0 Å². The molecule has 3 rings (SSSR count). The number of carbonyl (C=O) groups is 1. The Hall–Kier alpha value is -2.37. The number of nitrogens with one attached hydrogen (secondary N) is 2. The molecule has 1 fully saturated rings. The average molecular weight is 354 g/mol. The van der Waals surface area contributed by atoms with Crippen LogP contribution in [0, 0.1) is 0 Å². The lowest BCUT2D eigenvalue weighted by molar-refractivity contribution is 0.0600. The van der Waals surface area contributed by atoms with Crippen LogP contribution in [0.15, 0.2) is 48.5 Å². The summed E-state index contributed by atoms with van der Waals surface area (Å²) in [5.74, 6) is 0.431. The number of rotatable bonds is 6. The minimum absolute atomic E-state index is 0.278. The molecule has 0 aliphatic carbocycles. The lowest BCUT2D eigenvalue weighted by Gasteiger charge is -2.34. The van der Waals surface area contributed by atoms with Crippen LogP contribution in [-0.4, -0.2) is 32.8 Å². The quantitative estimate of drug-likeness (QED) is 0.781. The van der Waals surface area contributed by atoms with Gasteiger partial charge < -0.3 is 20.1 Å². The Morgan fingerprint density at radius 1 is 1.19 bits per heavy atom. The highest BCUT2D eigenvalue weighted by Gasteiger charge is 2.25. The van der Waals surface area contributed by atoms with Crippen molar-refractivity contribution in [1.29, 1.82) is 0 Å². The molecular weight excluding hydrogens is 328 g/mol. The Morgan fingerprint density at radius 2 is 2.00 bits per heavy atom. The third-order valence-electron chi connectivity index (χ3n) is 4.87. The van der Waals surface area contributed by atoms with Gasteiger partial charge in [-0.15, -0.1) is 0 Å². The second kappa shape index (κ2) is 8.83. The maximum Gasteiger partial charge on any atom is 0.337 e. The summed E-state index contributed by atoms with van der Waals surface area (Å²) in [4.78, 5) is 11.8. The van der Waals surface area contributed by atoms with E-state index in [9.17, 15) is 4.79 Å². The number of methoxy groups -OCH3 is 2. The molecule has 5 nitrogen and oxygen atoms in total. The fraction of sp³-hybridized carbons (Fsp3) is 0.381. The smallest absolute Gasteiger partial charge is 0.337 e. The van der Waals surface area contributed by atoms with Crippen molar-refractivity contribution in [2.75, 3.05) is 20.8 Å². The molecule has 2 aromatic carbocycles. The number of carbonyl (C=O) groups excluding carboxylic acids is 1. The first kappa shape index (κ1) is 18.4. The zero-order valence-electron chi connectivity index (χ0n) is 15.3. The summed E-state index contributed by atoms with van der Waals surface area (Å²) in [6, 6.07) is 16.5. The van der Waals surface area contributed by atoms with Gasteiger partial charge in [0, 0.05) is 24.2 Å². The average Bonchev–Trinajstić information content (AvgIpc) is 2.72. The Morgan fingerprint density at radius 3 is 2.73 bits per heavy atom. The van der Waals surface area contributed by atoms with Gasteiger partial charge in [-0.05, 0) is 43.1 Å². The van der Waals surface area contributed by atoms with Crippen molar-refractivity contribution in [1.82, 2.24) is 10.6 Å². The number of hydrogen-bond donors (Lipinski definition) is 2. The summed E-state index contributed by atoms with van der Waals surface area (Å²) in [7, 11) is 3.04. The van der Waals surface area contributed by atoms with Crippen molar-refractivity contribution < 1.29 is 14.3 Å². The summed E-state index contributed by atoms with van der Waals surface area (Å²) in [5.41, 5.74) is 2.78. The van der Waals surface area contributed by atoms with E-state index in [0.717, 1.165) is 30.7 Å². The highest BCUT2D eigenvalue weighted by Crippen LogP contribution is 2.25. The summed E-state index contributed by atoms with van der Waals surface area (Å²) >= 11 is 0. The normalized spacial score (nSPS) is 19.8. The molecule has 1 aliphatic heterocycles. The molecule has 138 valence electrons. The highest BCUT2D eigenvalue weighted by molar-refractivity contribution is 5.89. The van der Waals surface area contributed by atoms with Crippen LogP contribution in [0.5, 0.6) is 5.75 Å². The fourth-order valence-electron chi connectivity index (χ4n) is 3.52. The molecule has 0 spiro atoms. The molecule has 5 heteroatoms. The molecule has 2 aromatic rings. The molecule has 0 bridgehead atoms. The standard InChI is InChI=1S/C21H26N2O3/c1-25-19-11-10-16(21(24)26-2)13-17(19)14-23-18-9-6-12-22-20(18)15-7-4-3-5-8-15/h3-5,7-8,10-11,13,18,20,22-23H,6,9,12,14H2,1-2H3. The zero-order chi connectivity index (χ0) is 18.4. The van der Waals surface area contributed by atoms with E-state index < -0.39 is 0 Å². The summed E-state index contributed by atoms with van der Waals surface area (Å²) < 4.78 is 10.3. The topological polar surface area (TPSA) is 59.6 Å². The predicted molar refractivity (Wildman–Crippen MR) is 101 cm³/mol. The second-order valence-corrected chi connectivity index (χ2v) is 6.49. The number of esters is 1. The van der Waals surface area contributed by atoms with Crippen LogP contribution in [0.3, 0.4) is 0 Å². The fourth-order valence-corrected chi connectivity index (χ4v) is 3.52. The molecule has 0 radical (unpaired) electrons. The largest absolute Gasteiger partial charge is 0.496 e. The molecule has 0 saturated carbocycles. The molecule has 2 unspecified atom stereocenters. The van der Waals surface area contributed by atoms with Crippen LogP contribution in [0.1, 0.15) is 40.4 Å². The van der Waals surface area contributed by atoms with E-state index >= 15 is 0 Å². The molecule has 2 N–H and O–H groups in total. The molecule has 1 saturated heterocycles. The van der Waals surface area contributed by atoms with Crippen molar-refractivity contribution in [2.45, 2.75) is 31.5 Å². The van der Waals surface area contributed by atoms with Gasteiger partial charge in [-0.1, -0.05) is 30.3 Å². The van der Waals surface area contributed by atoms with Crippen LogP contribution >= 0.6 is 0 Å². The van der Waals surface area contributed by atoms with Crippen LogP contribution in [-0.2, 0) is 11.3 Å². The number of piperidine rings is 1. The first-order valence-corrected chi connectivity index (χ1v) is 9.00. The van der Waals surface area contributed by atoms with Crippen molar-refractivity contribution in [2.24, 2.45) is 0 Å². The van der Waals surface area contributed by atoms with Gasteiger partial charge in [0.05, 0.1) is 19.8 Å². The van der Waals surface area contributed by atoms with Crippen molar-refractivity contribution >= 4 is 5.97 Å². The third-order valence-corrected chi connectivity index (χ3v) is 4.87. The van der Waals surface area contributed by atoms with Crippen molar-refractivity contribution in [3.05, 3.63) is 65.2 Å². The Labute approximate surface area is 154 Å². The van der Waals surface area contributed by atoms with E-state index in [1.807, 2.05) is 18.2 Å². The van der Waals surface area contributed by atoms with Gasteiger partial charge in [0.15, 0.2) is 0 Å². The van der Waals surface area contributed by atoms with Crippen LogP contribution < -0.4 is 15.4 Å². The van der Waals surface area contributed by atoms with Gasteiger partial charge in [-0.3, -0.25) is 0 Å². The SMILES string of the molecule is COC(=O)c1ccc(OC)c(CNC2CCCNC2c2ccccc2)c1. The second-order valence-electron chi connectivity index (χ2n) is 6.49. The number of hydrogen-bond acceptors (Lipinski definition) is 5. The molecule has 1 heterocycles. The van der Waals surface area contributed by atoms with E-state index in [1.54, 1.807) is 13.2 Å². The Bertz CT molecular complexity index is 733. The van der Waals surface area contributed by atoms with Gasteiger partial charge in [0.25, 0.3) is 0 Å². The number of benzene rings is 2. The summed E-state index contributed by atoms with van der Waals surface area (Å²) in [6.45, 7) is 1.66. The molecule has 26 heavy (non-hydrogen) atoms. The van der Waals surface area contributed by atoms with E-state index in [0.29, 0.717) is 18.2 Å². The molecular formula is C21H26N2O3. The van der Waals surface area contributed by atoms with Gasteiger partial charge >= 0.3 is 5.97 Å². The molecule has 2 atom stereocenters. The zero-order valence-corrected chi connectivity index (χ0v) is 15.3. The molecule has 1 aliphatic rings. The first-order valence-electron chi connectivity index (χ1n) is 9.00. The maximum atomic E-state index is 11.8. The lowest BCUT2D eigenvalue weighted by atomic mass is 9.92. The number of ether oxygens (including phenoxy) is 2. The monoisotopic (exact) mass is 354 g/mol. The van der Waals surface area contributed by atoms with Crippen molar-refractivity contribution in [3.63, 3.8) is 0 Å². The third kappa shape index (κ3) is 4.23. The summed E-state index contributed by atoms with van der Waals surface area (Å²) in [6.07, 6.45) is 2.24. The van der Waals surface area contributed by atoms with E-state index in [1.165, 1.54) is 12.7 Å². The first-order chi connectivity index (χ1) is 12.7. The highest BCUT2D eigenvalue weighted by atomic mass is 16.5. The van der Waals surface area contributed by atoms with Crippen LogP contribution in [0.4, 0.5) is 0 Å². The van der Waals surface area contributed by atoms with E-state index in [2.05, 4.69) is 34.9 Å². The molecule has 0 aromatic heterocycles. The maximum absolute atomic E-state index is 11.8. The minimum atomic E-state index is -0.338. The predicted octanol–water partition coefficient (Wildman–Crippen LogP) is 3.06. The van der Waals surface area contributed by atoms with Crippen LogP contribution in [0.25, 0.3) is 0 Å². The van der Waals surface area contributed by atoms with Crippen molar-refractivity contribution in [3.8, 4) is 5.75 Å². The summed E-state index contributed by atoms with van der Waals surface area (Å²) in [5, 5.41) is 7.27. The Balaban J connectivity index is 1.75. The van der Waals surface area contributed by atoms with E-state index in [4.69, 9.17) is 9.47 Å². The minimum Gasteiger partial charge on any atom is -0.496 e. The van der Waals surface area contributed by atoms with Gasteiger partial charge in [-0.2, -0.15) is 0 Å². The van der Waals surface area contributed by atoms with Gasteiger partial charge in [0.1, 0.15) is 5.75 Å². The lowest BCUT2D eigenvalue weighted by Crippen LogP contribution is -2.45. The Kier molecular flexibility index (Phi) is 6.26. The van der Waals surface area contributed by atoms with E-state index in [-0.39, 0.29) is 12.0 Å². The van der Waals surface area contributed by atoms with Gasteiger partial charge in [-0.25, -0.2) is 4.79 Å².